The molecule has 0 aliphatic rings. The molecule has 1 aromatic rings. The molecule has 8 heteroatoms. The molecule has 0 heterocycles. The van der Waals surface area contributed by atoms with Crippen LogP contribution >= 0.6 is 7.82 Å². The molecule has 1 rings (SSSR count). The fraction of sp³-hybridized carbons (Fsp3) is 0.633. The quantitative estimate of drug-likeness (QED) is 0.0939. The number of carbonyl (C=O) groups excluding carboxylic acids is 1. The van der Waals surface area contributed by atoms with Gasteiger partial charge in [0.15, 0.2) is 0 Å². The maximum atomic E-state index is 12.4. The fourth-order valence-electron chi connectivity index (χ4n) is 4.15. The van der Waals surface area contributed by atoms with Gasteiger partial charge in [-0.2, -0.15) is 0 Å². The van der Waals surface area contributed by atoms with Gasteiger partial charge in [0.05, 0.1) is 20.5 Å². The number of benzene rings is 1. The van der Waals surface area contributed by atoms with E-state index in [1.54, 1.807) is 18.2 Å². The van der Waals surface area contributed by atoms with Crippen molar-refractivity contribution in [2.24, 2.45) is 0 Å². The van der Waals surface area contributed by atoms with Gasteiger partial charge in [0, 0.05) is 6.42 Å². The van der Waals surface area contributed by atoms with E-state index in [9.17, 15) is 19.1 Å². The molecule has 7 nitrogen and oxygen atoms in total. The standard InChI is InChI=1S/C30H50NO6P/c1-3-5-6-7-8-9-10-11-12-13-14-15-16-17-18-19-30(32)31-28(26-37-38(33,34)35)25-27-20-22-29(23-21-27)36-24-4-2/h4,11-12,20-23,28H,2-3,5-10,13-19,24-26H2,1H3,(H,31,32)(H2,33,34,35)/p-2/b12-11-/t28-/m0/s1. The highest BCUT2D eigenvalue weighted by Gasteiger charge is 2.14. The monoisotopic (exact) mass is 549 g/mol. The summed E-state index contributed by atoms with van der Waals surface area (Å²) in [6.45, 7) is 5.85. The van der Waals surface area contributed by atoms with Crippen LogP contribution in [0.3, 0.4) is 0 Å². The first kappa shape index (κ1) is 34.1. The second kappa shape index (κ2) is 22.0. The summed E-state index contributed by atoms with van der Waals surface area (Å²) in [5, 5.41) is 2.82. The normalized spacial score (nSPS) is 12.5. The van der Waals surface area contributed by atoms with Gasteiger partial charge in [-0.15, -0.1) is 0 Å². The van der Waals surface area contributed by atoms with E-state index >= 15 is 0 Å². The average molecular weight is 550 g/mol. The maximum Gasteiger partial charge on any atom is 0.220 e. The molecule has 0 bridgehead atoms. The number of hydrogen-bond acceptors (Lipinski definition) is 6. The number of hydrogen-bond donors (Lipinski definition) is 1. The molecule has 0 aliphatic carbocycles. The Hall–Kier alpha value is -1.92. The summed E-state index contributed by atoms with van der Waals surface area (Å²) < 4.78 is 20.9. The Bertz CT molecular complexity index is 821. The zero-order chi connectivity index (χ0) is 27.9. The number of allylic oxidation sites excluding steroid dienone is 2. The maximum absolute atomic E-state index is 12.4. The van der Waals surface area contributed by atoms with Gasteiger partial charge in [-0.05, 0) is 56.2 Å². The zero-order valence-corrected chi connectivity index (χ0v) is 24.1. The molecule has 1 atom stereocenters. The van der Waals surface area contributed by atoms with Crippen molar-refractivity contribution in [2.75, 3.05) is 13.2 Å². The Morgan fingerprint density at radius 3 is 2.11 bits per heavy atom. The zero-order valence-electron chi connectivity index (χ0n) is 23.2. The summed E-state index contributed by atoms with van der Waals surface area (Å²) in [6, 6.07) is 6.61. The van der Waals surface area contributed by atoms with Crippen molar-refractivity contribution in [3.05, 3.63) is 54.6 Å². The first-order chi connectivity index (χ1) is 18.3. The van der Waals surface area contributed by atoms with Crippen LogP contribution in [0.1, 0.15) is 102 Å². The molecule has 38 heavy (non-hydrogen) atoms. The van der Waals surface area contributed by atoms with E-state index in [1.807, 2.05) is 12.1 Å². The number of carbonyl (C=O) groups is 1. The molecule has 1 N–H and O–H groups in total. The summed E-state index contributed by atoms with van der Waals surface area (Å²) in [6.07, 6.45) is 22.4. The average Bonchev–Trinajstić information content (AvgIpc) is 2.88. The van der Waals surface area contributed by atoms with Crippen molar-refractivity contribution >= 4 is 13.7 Å². The summed E-state index contributed by atoms with van der Waals surface area (Å²) in [5.74, 6) is 0.507. The van der Waals surface area contributed by atoms with Gasteiger partial charge in [0.2, 0.25) is 5.91 Å². The summed E-state index contributed by atoms with van der Waals surface area (Å²) in [7, 11) is -5.13. The third-order valence-electron chi connectivity index (χ3n) is 6.24. The summed E-state index contributed by atoms with van der Waals surface area (Å²) in [4.78, 5) is 34.4. The van der Waals surface area contributed by atoms with Gasteiger partial charge < -0.3 is 28.9 Å². The highest BCUT2D eigenvalue weighted by molar-refractivity contribution is 7.43. The molecule has 0 saturated carbocycles. The molecule has 1 amide bonds. The van der Waals surface area contributed by atoms with Gasteiger partial charge in [-0.25, -0.2) is 0 Å². The lowest BCUT2D eigenvalue weighted by molar-refractivity contribution is -0.342. The number of unbranched alkanes of at least 4 members (excludes halogenated alkanes) is 11. The van der Waals surface area contributed by atoms with Crippen LogP contribution in [0.4, 0.5) is 0 Å². The summed E-state index contributed by atoms with van der Waals surface area (Å²) >= 11 is 0. The van der Waals surface area contributed by atoms with Crippen molar-refractivity contribution in [1.82, 2.24) is 5.32 Å². The van der Waals surface area contributed by atoms with E-state index in [4.69, 9.17) is 4.74 Å². The van der Waals surface area contributed by atoms with E-state index in [0.29, 0.717) is 25.2 Å². The third kappa shape index (κ3) is 20.1. The Kier molecular flexibility index (Phi) is 19.7. The van der Waals surface area contributed by atoms with Crippen LogP contribution < -0.4 is 19.8 Å². The van der Waals surface area contributed by atoms with Crippen LogP contribution in [-0.4, -0.2) is 25.2 Å². The Morgan fingerprint density at radius 1 is 0.947 bits per heavy atom. The number of nitrogens with one attached hydrogen (secondary N) is 1. The lowest BCUT2D eigenvalue weighted by atomic mass is 10.1. The molecule has 0 spiro atoms. The van der Waals surface area contributed by atoms with Crippen LogP contribution in [-0.2, 0) is 20.3 Å². The number of amides is 1. The molecule has 216 valence electrons. The number of phosphoric acid groups is 1. The highest BCUT2D eigenvalue weighted by Crippen LogP contribution is 2.25. The molecule has 0 fully saturated rings. The Morgan fingerprint density at radius 2 is 1.53 bits per heavy atom. The van der Waals surface area contributed by atoms with Crippen LogP contribution in [0.25, 0.3) is 0 Å². The van der Waals surface area contributed by atoms with Gasteiger partial charge >= 0.3 is 0 Å². The molecular formula is C30H48NO6P-2. The molecule has 0 aliphatic heterocycles. The molecule has 0 saturated heterocycles. The first-order valence-corrected chi connectivity index (χ1v) is 15.7. The van der Waals surface area contributed by atoms with Crippen LogP contribution in [0.5, 0.6) is 5.75 Å². The SMILES string of the molecule is C=CCOc1ccc(C[C@@H](COP(=O)([O-])[O-])NC(=O)CCCCCCC/C=C\CCCCCCCC)cc1. The second-order valence-electron chi connectivity index (χ2n) is 9.79. The molecule has 0 radical (unpaired) electrons. The van der Waals surface area contributed by atoms with Crippen LogP contribution in [0.15, 0.2) is 49.1 Å². The van der Waals surface area contributed by atoms with E-state index in [2.05, 4.69) is 35.5 Å². The number of ether oxygens (including phenoxy) is 1. The molecule has 1 aromatic carbocycles. The van der Waals surface area contributed by atoms with Crippen LogP contribution in [0.2, 0.25) is 0 Å². The van der Waals surface area contributed by atoms with Gasteiger partial charge in [0.25, 0.3) is 0 Å². The van der Waals surface area contributed by atoms with Crippen molar-refractivity contribution in [1.29, 1.82) is 0 Å². The smallest absolute Gasteiger partial charge is 0.220 e. The lowest BCUT2D eigenvalue weighted by Crippen LogP contribution is -2.40. The third-order valence-corrected chi connectivity index (χ3v) is 6.70. The second-order valence-corrected chi connectivity index (χ2v) is 10.9. The van der Waals surface area contributed by atoms with Crippen molar-refractivity contribution in [3.63, 3.8) is 0 Å². The van der Waals surface area contributed by atoms with Gasteiger partial charge in [-0.3, -0.25) is 4.79 Å². The minimum Gasteiger partial charge on any atom is -0.790 e. The molecule has 0 unspecified atom stereocenters. The lowest BCUT2D eigenvalue weighted by Gasteiger charge is -2.31. The minimum absolute atomic E-state index is 0.172. The minimum atomic E-state index is -5.13. The largest absolute Gasteiger partial charge is 0.790 e. The van der Waals surface area contributed by atoms with E-state index in [1.165, 1.54) is 51.4 Å². The summed E-state index contributed by atoms with van der Waals surface area (Å²) in [5.41, 5.74) is 0.859. The van der Waals surface area contributed by atoms with Crippen molar-refractivity contribution in [2.45, 2.75) is 109 Å². The van der Waals surface area contributed by atoms with E-state index in [0.717, 1.165) is 37.7 Å². The fourth-order valence-corrected chi connectivity index (χ4v) is 4.51. The van der Waals surface area contributed by atoms with Gasteiger partial charge in [0.1, 0.15) is 12.4 Å². The first-order valence-electron chi connectivity index (χ1n) is 14.3. The highest BCUT2D eigenvalue weighted by atomic mass is 31.2. The van der Waals surface area contributed by atoms with E-state index in [-0.39, 0.29) is 5.91 Å². The number of phosphoric ester groups is 1. The number of rotatable bonds is 24. The van der Waals surface area contributed by atoms with Crippen molar-refractivity contribution < 1.29 is 28.4 Å². The van der Waals surface area contributed by atoms with Gasteiger partial charge in [-0.1, -0.05) is 95.2 Å². The van der Waals surface area contributed by atoms with Crippen molar-refractivity contribution in [3.8, 4) is 5.75 Å². The Balaban J connectivity index is 2.24. The van der Waals surface area contributed by atoms with Crippen LogP contribution in [0, 0.1) is 0 Å². The predicted molar refractivity (Wildman–Crippen MR) is 151 cm³/mol. The topological polar surface area (TPSA) is 111 Å². The molecular weight excluding hydrogens is 501 g/mol. The predicted octanol–water partition coefficient (Wildman–Crippen LogP) is 6.16. The Labute approximate surface area is 230 Å². The molecule has 0 aromatic heterocycles. The van der Waals surface area contributed by atoms with E-state index < -0.39 is 20.5 Å².